The number of nitrogens with one attached hydrogen (secondary N) is 1. The predicted octanol–water partition coefficient (Wildman–Crippen LogP) is 2.17. The minimum Gasteiger partial charge on any atom is -0.301 e. The third-order valence-electron chi connectivity index (χ3n) is 1.88. The maximum atomic E-state index is 3.76. The summed E-state index contributed by atoms with van der Waals surface area (Å²) in [4.78, 5) is 0.226. The molecule has 1 aliphatic heterocycles. The van der Waals surface area contributed by atoms with Crippen molar-refractivity contribution < 1.29 is 0 Å². The van der Waals surface area contributed by atoms with Gasteiger partial charge in [-0.15, -0.1) is 24.9 Å². The SMILES string of the molecule is C=CCC1(CC=C)NCCS1. The summed E-state index contributed by atoms with van der Waals surface area (Å²) in [6.45, 7) is 8.65. The molecular weight excluding hydrogens is 154 g/mol. The molecule has 0 saturated carbocycles. The van der Waals surface area contributed by atoms with Crippen LogP contribution in [0.4, 0.5) is 0 Å². The third-order valence-corrected chi connectivity index (χ3v) is 3.31. The van der Waals surface area contributed by atoms with Gasteiger partial charge in [-0.25, -0.2) is 0 Å². The average molecular weight is 169 g/mol. The lowest BCUT2D eigenvalue weighted by molar-refractivity contribution is 0.513. The van der Waals surface area contributed by atoms with Crippen molar-refractivity contribution in [3.05, 3.63) is 25.3 Å². The van der Waals surface area contributed by atoms with Crippen molar-refractivity contribution in [1.29, 1.82) is 0 Å². The van der Waals surface area contributed by atoms with E-state index in [0.29, 0.717) is 0 Å². The maximum Gasteiger partial charge on any atom is 0.0715 e. The summed E-state index contributed by atoms with van der Waals surface area (Å²) in [6, 6.07) is 0. The quantitative estimate of drug-likeness (QED) is 0.647. The van der Waals surface area contributed by atoms with Crippen LogP contribution in [-0.2, 0) is 0 Å². The molecule has 1 heterocycles. The van der Waals surface area contributed by atoms with Crippen molar-refractivity contribution >= 4 is 11.8 Å². The van der Waals surface area contributed by atoms with E-state index in [1.807, 2.05) is 23.9 Å². The Bertz CT molecular complexity index is 136. The molecule has 0 aromatic heterocycles. The Labute approximate surface area is 72.9 Å². The predicted molar refractivity (Wildman–Crippen MR) is 52.8 cm³/mol. The molecule has 0 radical (unpaired) electrons. The first-order valence-corrected chi connectivity index (χ1v) is 4.92. The highest BCUT2D eigenvalue weighted by atomic mass is 32.2. The average Bonchev–Trinajstić information content (AvgIpc) is 2.39. The molecule has 1 saturated heterocycles. The molecule has 0 unspecified atom stereocenters. The zero-order valence-corrected chi connectivity index (χ0v) is 7.62. The standard InChI is InChI=1S/C9H15NS/c1-3-5-9(6-4-2)10-7-8-11-9/h3-4,10H,1-2,5-8H2. The van der Waals surface area contributed by atoms with E-state index < -0.39 is 0 Å². The van der Waals surface area contributed by atoms with Crippen molar-refractivity contribution in [1.82, 2.24) is 5.32 Å². The molecule has 1 nitrogen and oxygen atoms in total. The Balaban J connectivity index is 2.53. The third kappa shape index (κ3) is 2.11. The van der Waals surface area contributed by atoms with Gasteiger partial charge in [0.1, 0.15) is 0 Å². The molecule has 1 fully saturated rings. The molecule has 11 heavy (non-hydrogen) atoms. The van der Waals surface area contributed by atoms with E-state index in [9.17, 15) is 0 Å². The topological polar surface area (TPSA) is 12.0 Å². The molecule has 0 bridgehead atoms. The monoisotopic (exact) mass is 169 g/mol. The second-order valence-electron chi connectivity index (χ2n) is 2.76. The van der Waals surface area contributed by atoms with Crippen LogP contribution < -0.4 is 5.32 Å². The lowest BCUT2D eigenvalue weighted by atomic mass is 10.1. The minimum absolute atomic E-state index is 0.226. The largest absolute Gasteiger partial charge is 0.301 e. The first-order chi connectivity index (χ1) is 5.33. The van der Waals surface area contributed by atoms with Gasteiger partial charge < -0.3 is 5.32 Å². The van der Waals surface area contributed by atoms with Crippen LogP contribution in [0.25, 0.3) is 0 Å². The fraction of sp³-hybridized carbons (Fsp3) is 0.556. The van der Waals surface area contributed by atoms with Crippen molar-refractivity contribution in [2.75, 3.05) is 12.3 Å². The molecule has 0 aromatic rings. The molecule has 0 atom stereocenters. The van der Waals surface area contributed by atoms with E-state index in [1.165, 1.54) is 5.75 Å². The molecular formula is C9H15NS. The van der Waals surface area contributed by atoms with Gasteiger partial charge in [-0.05, 0) is 12.8 Å². The van der Waals surface area contributed by atoms with Crippen LogP contribution in [0.1, 0.15) is 12.8 Å². The van der Waals surface area contributed by atoms with Gasteiger partial charge in [-0.3, -0.25) is 0 Å². The van der Waals surface area contributed by atoms with Crippen LogP contribution in [0.2, 0.25) is 0 Å². The summed E-state index contributed by atoms with van der Waals surface area (Å²) in [6.07, 6.45) is 6.02. The van der Waals surface area contributed by atoms with Gasteiger partial charge in [0.2, 0.25) is 0 Å². The Kier molecular flexibility index (Phi) is 3.21. The molecule has 1 rings (SSSR count). The molecule has 0 aliphatic carbocycles. The first kappa shape index (κ1) is 8.88. The van der Waals surface area contributed by atoms with Crippen molar-refractivity contribution in [2.24, 2.45) is 0 Å². The molecule has 0 amide bonds. The van der Waals surface area contributed by atoms with E-state index >= 15 is 0 Å². The lowest BCUT2D eigenvalue weighted by Crippen LogP contribution is -2.35. The highest BCUT2D eigenvalue weighted by Gasteiger charge is 2.31. The van der Waals surface area contributed by atoms with Gasteiger partial charge >= 0.3 is 0 Å². The van der Waals surface area contributed by atoms with Gasteiger partial charge in [-0.2, -0.15) is 0 Å². The van der Waals surface area contributed by atoms with Crippen molar-refractivity contribution in [2.45, 2.75) is 17.7 Å². The summed E-state index contributed by atoms with van der Waals surface area (Å²) < 4.78 is 0. The maximum absolute atomic E-state index is 3.76. The zero-order chi connectivity index (χ0) is 8.16. The summed E-state index contributed by atoms with van der Waals surface area (Å²) in [5.74, 6) is 1.21. The molecule has 2 heteroatoms. The number of hydrogen-bond donors (Lipinski definition) is 1. The fourth-order valence-electron chi connectivity index (χ4n) is 1.39. The van der Waals surface area contributed by atoms with Gasteiger partial charge in [0.15, 0.2) is 0 Å². The van der Waals surface area contributed by atoms with Gasteiger partial charge in [0.05, 0.1) is 4.87 Å². The number of thioether (sulfide) groups is 1. The second-order valence-corrected chi connectivity index (χ2v) is 4.23. The van der Waals surface area contributed by atoms with Crippen LogP contribution >= 0.6 is 11.8 Å². The smallest absolute Gasteiger partial charge is 0.0715 e. The first-order valence-electron chi connectivity index (χ1n) is 3.94. The Hall–Kier alpha value is -0.210. The van der Waals surface area contributed by atoms with Gasteiger partial charge in [-0.1, -0.05) is 12.2 Å². The molecule has 1 aliphatic rings. The van der Waals surface area contributed by atoms with E-state index in [4.69, 9.17) is 0 Å². The Morgan fingerprint density at radius 3 is 2.36 bits per heavy atom. The van der Waals surface area contributed by atoms with Gasteiger partial charge in [0.25, 0.3) is 0 Å². The van der Waals surface area contributed by atoms with E-state index in [2.05, 4.69) is 18.5 Å². The van der Waals surface area contributed by atoms with Crippen LogP contribution in [0.15, 0.2) is 25.3 Å². The van der Waals surface area contributed by atoms with Crippen LogP contribution in [-0.4, -0.2) is 17.2 Å². The lowest BCUT2D eigenvalue weighted by Gasteiger charge is -2.25. The zero-order valence-electron chi connectivity index (χ0n) is 6.81. The fourth-order valence-corrected chi connectivity index (χ4v) is 2.66. The Morgan fingerprint density at radius 2 is 2.00 bits per heavy atom. The highest BCUT2D eigenvalue weighted by molar-refractivity contribution is 8.00. The molecule has 0 aromatic carbocycles. The second kappa shape index (κ2) is 3.98. The normalized spacial score (nSPS) is 21.5. The molecule has 0 spiro atoms. The summed E-state index contributed by atoms with van der Waals surface area (Å²) in [5, 5.41) is 3.49. The summed E-state index contributed by atoms with van der Waals surface area (Å²) in [7, 11) is 0. The minimum atomic E-state index is 0.226. The highest BCUT2D eigenvalue weighted by Crippen LogP contribution is 2.34. The molecule has 62 valence electrons. The van der Waals surface area contributed by atoms with Crippen molar-refractivity contribution in [3.63, 3.8) is 0 Å². The number of hydrogen-bond acceptors (Lipinski definition) is 2. The van der Waals surface area contributed by atoms with Crippen LogP contribution in [0.5, 0.6) is 0 Å². The van der Waals surface area contributed by atoms with Crippen LogP contribution in [0.3, 0.4) is 0 Å². The molecule has 1 N–H and O–H groups in total. The number of rotatable bonds is 4. The summed E-state index contributed by atoms with van der Waals surface area (Å²) in [5.41, 5.74) is 0. The van der Waals surface area contributed by atoms with E-state index in [1.54, 1.807) is 0 Å². The van der Waals surface area contributed by atoms with E-state index in [0.717, 1.165) is 19.4 Å². The summed E-state index contributed by atoms with van der Waals surface area (Å²) >= 11 is 1.99. The Morgan fingerprint density at radius 1 is 1.36 bits per heavy atom. The van der Waals surface area contributed by atoms with Gasteiger partial charge in [0, 0.05) is 12.3 Å². The van der Waals surface area contributed by atoms with Crippen LogP contribution in [0, 0.1) is 0 Å². The van der Waals surface area contributed by atoms with E-state index in [-0.39, 0.29) is 4.87 Å². The van der Waals surface area contributed by atoms with Crippen molar-refractivity contribution in [3.8, 4) is 0 Å².